The molecule has 31 heavy (non-hydrogen) atoms. The van der Waals surface area contributed by atoms with E-state index in [4.69, 9.17) is 20.1 Å². The summed E-state index contributed by atoms with van der Waals surface area (Å²) in [6.45, 7) is 0.497. The van der Waals surface area contributed by atoms with Gasteiger partial charge >= 0.3 is 0 Å². The summed E-state index contributed by atoms with van der Waals surface area (Å²) >= 11 is 1.22. The van der Waals surface area contributed by atoms with E-state index in [-0.39, 0.29) is 11.7 Å². The molecule has 1 aromatic heterocycles. The number of thioether (sulfide) groups is 1. The number of benzene rings is 2. The van der Waals surface area contributed by atoms with Gasteiger partial charge in [0.1, 0.15) is 5.75 Å². The molecule has 3 N–H and O–H groups in total. The Bertz CT molecular complexity index is 1040. The molecule has 0 aliphatic carbocycles. The van der Waals surface area contributed by atoms with E-state index < -0.39 is 0 Å². The lowest BCUT2D eigenvalue weighted by atomic mass is 10.1. The van der Waals surface area contributed by atoms with Crippen LogP contribution in [0, 0.1) is 0 Å². The zero-order valence-electron chi connectivity index (χ0n) is 17.6. The van der Waals surface area contributed by atoms with Crippen LogP contribution in [0.2, 0.25) is 0 Å². The number of amides is 1. The molecule has 3 rings (SSSR count). The van der Waals surface area contributed by atoms with Crippen molar-refractivity contribution in [3.05, 3.63) is 48.0 Å². The van der Waals surface area contributed by atoms with Gasteiger partial charge in [0.25, 0.3) is 0 Å². The number of carbonyl (C=O) groups excluding carboxylic acids is 1. The number of methoxy groups -OCH3 is 3. The maximum atomic E-state index is 12.2. The smallest absolute Gasteiger partial charge is 0.230 e. The molecule has 0 radical (unpaired) electrons. The van der Waals surface area contributed by atoms with Gasteiger partial charge in [0.05, 0.1) is 32.6 Å². The number of rotatable bonds is 10. The SMILES string of the molecule is COc1ccc(CCNC(=O)CSc2nnc(-c3ccccc3OC)n2N)cc1OC. The highest BCUT2D eigenvalue weighted by Crippen LogP contribution is 2.29. The van der Waals surface area contributed by atoms with E-state index >= 15 is 0 Å². The number of carbonyl (C=O) groups is 1. The quantitative estimate of drug-likeness (QED) is 0.362. The first kappa shape index (κ1) is 22.3. The summed E-state index contributed by atoms with van der Waals surface area (Å²) in [5, 5.41) is 11.6. The van der Waals surface area contributed by atoms with Gasteiger partial charge in [-0.1, -0.05) is 30.0 Å². The summed E-state index contributed by atoms with van der Waals surface area (Å²) in [4.78, 5) is 12.2. The van der Waals surface area contributed by atoms with E-state index in [1.54, 1.807) is 21.3 Å². The van der Waals surface area contributed by atoms with E-state index in [9.17, 15) is 4.79 Å². The summed E-state index contributed by atoms with van der Waals surface area (Å²) in [6, 6.07) is 13.1. The number of nitrogens with two attached hydrogens (primary N) is 1. The molecule has 0 bridgehead atoms. The topological polar surface area (TPSA) is 114 Å². The van der Waals surface area contributed by atoms with Crippen molar-refractivity contribution in [3.63, 3.8) is 0 Å². The van der Waals surface area contributed by atoms with E-state index in [2.05, 4.69) is 15.5 Å². The summed E-state index contributed by atoms with van der Waals surface area (Å²) in [7, 11) is 4.77. The number of nitrogen functional groups attached to an aromatic ring is 1. The summed E-state index contributed by atoms with van der Waals surface area (Å²) in [5.41, 5.74) is 1.76. The number of para-hydroxylation sites is 1. The average molecular weight is 444 g/mol. The Kier molecular flexibility index (Phi) is 7.60. The molecule has 3 aromatic rings. The zero-order chi connectivity index (χ0) is 22.2. The molecular weight excluding hydrogens is 418 g/mol. The van der Waals surface area contributed by atoms with Gasteiger partial charge in [0.15, 0.2) is 17.3 Å². The number of aromatic nitrogens is 3. The fourth-order valence-electron chi connectivity index (χ4n) is 2.95. The van der Waals surface area contributed by atoms with E-state index in [1.165, 1.54) is 16.4 Å². The van der Waals surface area contributed by atoms with Crippen molar-refractivity contribution < 1.29 is 19.0 Å². The van der Waals surface area contributed by atoms with Gasteiger partial charge in [0.2, 0.25) is 11.1 Å². The van der Waals surface area contributed by atoms with Crippen molar-refractivity contribution >= 4 is 17.7 Å². The lowest BCUT2D eigenvalue weighted by molar-refractivity contribution is -0.118. The number of ether oxygens (including phenoxy) is 3. The Morgan fingerprint density at radius 3 is 2.52 bits per heavy atom. The molecule has 2 aromatic carbocycles. The Hall–Kier alpha value is -3.40. The fraction of sp³-hybridized carbons (Fsp3) is 0.286. The normalized spacial score (nSPS) is 10.5. The molecule has 10 heteroatoms. The molecule has 0 spiro atoms. The van der Waals surface area contributed by atoms with Crippen LogP contribution in [0.1, 0.15) is 5.56 Å². The molecule has 0 fully saturated rings. The second-order valence-electron chi connectivity index (χ2n) is 6.45. The number of hydrogen-bond acceptors (Lipinski definition) is 8. The number of nitrogens with one attached hydrogen (secondary N) is 1. The molecule has 0 aliphatic rings. The van der Waals surface area contributed by atoms with Crippen LogP contribution in [0.4, 0.5) is 0 Å². The third kappa shape index (κ3) is 5.40. The minimum Gasteiger partial charge on any atom is -0.496 e. The first-order chi connectivity index (χ1) is 15.1. The average Bonchev–Trinajstić information content (AvgIpc) is 3.17. The highest BCUT2D eigenvalue weighted by Gasteiger charge is 2.16. The van der Waals surface area contributed by atoms with Gasteiger partial charge in [-0.2, -0.15) is 0 Å². The third-order valence-corrected chi connectivity index (χ3v) is 5.47. The first-order valence-corrected chi connectivity index (χ1v) is 10.5. The van der Waals surface area contributed by atoms with Gasteiger partial charge in [-0.15, -0.1) is 10.2 Å². The predicted octanol–water partition coefficient (Wildman–Crippen LogP) is 2.14. The number of hydrogen-bond donors (Lipinski definition) is 2. The monoisotopic (exact) mass is 443 g/mol. The van der Waals surface area contributed by atoms with Crippen LogP contribution in [-0.2, 0) is 11.2 Å². The zero-order valence-corrected chi connectivity index (χ0v) is 18.4. The van der Waals surface area contributed by atoms with Crippen LogP contribution in [-0.4, -0.2) is 54.4 Å². The molecule has 9 nitrogen and oxygen atoms in total. The summed E-state index contributed by atoms with van der Waals surface area (Å²) < 4.78 is 17.2. The van der Waals surface area contributed by atoms with Crippen molar-refractivity contribution in [2.24, 2.45) is 0 Å². The Labute approximate surface area is 184 Å². The van der Waals surface area contributed by atoms with Gasteiger partial charge < -0.3 is 25.4 Å². The Morgan fingerprint density at radius 1 is 1.03 bits per heavy atom. The highest BCUT2D eigenvalue weighted by molar-refractivity contribution is 7.99. The Morgan fingerprint density at radius 2 is 1.77 bits per heavy atom. The molecule has 0 saturated heterocycles. The van der Waals surface area contributed by atoms with E-state index in [1.807, 2.05) is 42.5 Å². The van der Waals surface area contributed by atoms with Gasteiger partial charge in [-0.25, -0.2) is 4.68 Å². The Balaban J connectivity index is 1.52. The van der Waals surface area contributed by atoms with Crippen LogP contribution in [0.3, 0.4) is 0 Å². The van der Waals surface area contributed by atoms with Crippen LogP contribution >= 0.6 is 11.8 Å². The molecule has 0 atom stereocenters. The second kappa shape index (κ2) is 10.6. The molecule has 164 valence electrons. The largest absolute Gasteiger partial charge is 0.496 e. The van der Waals surface area contributed by atoms with Crippen LogP contribution in [0.5, 0.6) is 17.2 Å². The maximum absolute atomic E-state index is 12.2. The van der Waals surface area contributed by atoms with Gasteiger partial charge in [-0.05, 0) is 36.2 Å². The lowest BCUT2D eigenvalue weighted by Gasteiger charge is -2.10. The molecule has 1 heterocycles. The summed E-state index contributed by atoms with van der Waals surface area (Å²) in [5.74, 6) is 8.63. The van der Waals surface area contributed by atoms with E-state index in [0.717, 1.165) is 11.1 Å². The van der Waals surface area contributed by atoms with Crippen molar-refractivity contribution in [2.75, 3.05) is 39.5 Å². The van der Waals surface area contributed by atoms with Crippen molar-refractivity contribution in [1.82, 2.24) is 20.2 Å². The molecule has 0 saturated carbocycles. The fourth-order valence-corrected chi connectivity index (χ4v) is 3.64. The van der Waals surface area contributed by atoms with Gasteiger partial charge in [0, 0.05) is 6.54 Å². The summed E-state index contributed by atoms with van der Waals surface area (Å²) in [6.07, 6.45) is 0.668. The predicted molar refractivity (Wildman–Crippen MR) is 119 cm³/mol. The highest BCUT2D eigenvalue weighted by atomic mass is 32.2. The standard InChI is InChI=1S/C21H25N5O4S/c1-28-16-7-5-4-6-15(16)20-24-25-21(26(20)22)31-13-19(27)23-11-10-14-8-9-17(29-2)18(12-14)30-3/h4-9,12H,10-11,13,22H2,1-3H3,(H,23,27). The molecule has 0 unspecified atom stereocenters. The van der Waals surface area contributed by atoms with Crippen LogP contribution in [0.25, 0.3) is 11.4 Å². The first-order valence-electron chi connectivity index (χ1n) is 9.51. The molecular formula is C21H25N5O4S. The van der Waals surface area contributed by atoms with Crippen LogP contribution in [0.15, 0.2) is 47.6 Å². The van der Waals surface area contributed by atoms with Crippen molar-refractivity contribution in [3.8, 4) is 28.6 Å². The van der Waals surface area contributed by atoms with E-state index in [0.29, 0.717) is 41.2 Å². The third-order valence-electron chi connectivity index (χ3n) is 4.53. The second-order valence-corrected chi connectivity index (χ2v) is 7.40. The minimum atomic E-state index is -0.118. The lowest BCUT2D eigenvalue weighted by Crippen LogP contribution is -2.27. The van der Waals surface area contributed by atoms with Crippen LogP contribution < -0.4 is 25.4 Å². The van der Waals surface area contributed by atoms with Gasteiger partial charge in [-0.3, -0.25) is 4.79 Å². The molecule has 1 amide bonds. The molecule has 0 aliphatic heterocycles. The van der Waals surface area contributed by atoms with Crippen molar-refractivity contribution in [2.45, 2.75) is 11.6 Å². The van der Waals surface area contributed by atoms with Crippen molar-refractivity contribution in [1.29, 1.82) is 0 Å². The maximum Gasteiger partial charge on any atom is 0.230 e. The minimum absolute atomic E-state index is 0.118. The number of nitrogens with zero attached hydrogens (tertiary/aromatic N) is 3.